The highest BCUT2D eigenvalue weighted by molar-refractivity contribution is 5.94. The Morgan fingerprint density at radius 2 is 2.33 bits per heavy atom. The SMILES string of the molecule is Cc1ccc2c(c1)=C1CCNC(=O)[C@@H]1N=2. The second kappa shape index (κ2) is 2.92. The molecule has 3 heteroatoms. The summed E-state index contributed by atoms with van der Waals surface area (Å²) in [5.74, 6) is 0.0464. The van der Waals surface area contributed by atoms with E-state index >= 15 is 0 Å². The van der Waals surface area contributed by atoms with Gasteiger partial charge in [0, 0.05) is 11.8 Å². The Labute approximate surface area is 87.5 Å². The van der Waals surface area contributed by atoms with Crippen molar-refractivity contribution in [2.24, 2.45) is 4.99 Å². The zero-order chi connectivity index (χ0) is 10.4. The first-order chi connectivity index (χ1) is 7.25. The van der Waals surface area contributed by atoms with E-state index < -0.39 is 0 Å². The Morgan fingerprint density at radius 3 is 3.20 bits per heavy atom. The lowest BCUT2D eigenvalue weighted by molar-refractivity contribution is -0.121. The number of rotatable bonds is 0. The van der Waals surface area contributed by atoms with Crippen molar-refractivity contribution in [3.05, 3.63) is 34.3 Å². The van der Waals surface area contributed by atoms with Crippen molar-refractivity contribution in [2.45, 2.75) is 19.4 Å². The van der Waals surface area contributed by atoms with Crippen LogP contribution in [0.5, 0.6) is 0 Å². The van der Waals surface area contributed by atoms with Gasteiger partial charge in [-0.05, 0) is 31.1 Å². The normalized spacial score (nSPS) is 22.9. The molecule has 1 aromatic carbocycles. The fourth-order valence-electron chi connectivity index (χ4n) is 2.29. The monoisotopic (exact) mass is 200 g/mol. The van der Waals surface area contributed by atoms with Crippen molar-refractivity contribution in [1.82, 2.24) is 5.32 Å². The van der Waals surface area contributed by atoms with Crippen LogP contribution in [0, 0.1) is 6.92 Å². The molecule has 0 aromatic heterocycles. The topological polar surface area (TPSA) is 41.5 Å². The van der Waals surface area contributed by atoms with E-state index in [-0.39, 0.29) is 11.9 Å². The molecule has 0 bridgehead atoms. The Kier molecular flexibility index (Phi) is 1.69. The minimum Gasteiger partial charge on any atom is -0.354 e. The Bertz CT molecular complexity index is 559. The quantitative estimate of drug-likeness (QED) is 0.612. The molecule has 1 fully saturated rings. The standard InChI is InChI=1S/C12H12N2O/c1-7-2-3-10-9(6-7)8-4-5-13-12(15)11(8)14-10/h2-3,6,11H,4-5H2,1H3,(H,13,15)/t11-/m1/s1. The number of fused-ring (bicyclic) bond motifs is 2. The first-order valence-corrected chi connectivity index (χ1v) is 5.21. The first-order valence-electron chi connectivity index (χ1n) is 5.21. The van der Waals surface area contributed by atoms with Crippen LogP contribution in [0.15, 0.2) is 23.2 Å². The molecular weight excluding hydrogens is 188 g/mol. The summed E-state index contributed by atoms with van der Waals surface area (Å²) in [5.41, 5.74) is 2.42. The molecule has 1 N–H and O–H groups in total. The maximum Gasteiger partial charge on any atom is 0.249 e. The maximum atomic E-state index is 11.6. The third-order valence-corrected chi connectivity index (χ3v) is 3.04. The van der Waals surface area contributed by atoms with Crippen LogP contribution < -0.4 is 15.9 Å². The average Bonchev–Trinajstić information content (AvgIpc) is 2.58. The smallest absolute Gasteiger partial charge is 0.249 e. The molecule has 3 rings (SSSR count). The lowest BCUT2D eigenvalue weighted by Crippen LogP contribution is -2.40. The second-order valence-corrected chi connectivity index (χ2v) is 4.12. The van der Waals surface area contributed by atoms with Gasteiger partial charge in [0.1, 0.15) is 0 Å². The predicted molar refractivity (Wildman–Crippen MR) is 56.8 cm³/mol. The molecule has 76 valence electrons. The molecule has 15 heavy (non-hydrogen) atoms. The number of nitrogens with zero attached hydrogens (tertiary/aromatic N) is 1. The molecular formula is C12H12N2O. The van der Waals surface area contributed by atoms with Gasteiger partial charge >= 0.3 is 0 Å². The molecule has 0 saturated carbocycles. The molecule has 1 atom stereocenters. The summed E-state index contributed by atoms with van der Waals surface area (Å²) in [7, 11) is 0. The van der Waals surface area contributed by atoms with Crippen molar-refractivity contribution in [3.8, 4) is 0 Å². The van der Waals surface area contributed by atoms with Gasteiger partial charge in [-0.15, -0.1) is 0 Å². The van der Waals surface area contributed by atoms with Crippen LogP contribution in [0.1, 0.15) is 12.0 Å². The predicted octanol–water partition coefficient (Wildman–Crippen LogP) is -0.333. The van der Waals surface area contributed by atoms with E-state index in [2.05, 4.69) is 23.3 Å². The minimum atomic E-state index is -0.254. The van der Waals surface area contributed by atoms with Gasteiger partial charge < -0.3 is 5.32 Å². The fraction of sp³-hybridized carbons (Fsp3) is 0.333. The number of nitrogens with one attached hydrogen (secondary N) is 1. The Hall–Kier alpha value is -1.64. The zero-order valence-corrected chi connectivity index (χ0v) is 8.58. The van der Waals surface area contributed by atoms with E-state index in [1.807, 2.05) is 12.1 Å². The molecule has 2 aliphatic rings. The number of carbonyl (C=O) groups excluding carboxylic acids is 1. The van der Waals surface area contributed by atoms with Crippen molar-refractivity contribution in [1.29, 1.82) is 0 Å². The van der Waals surface area contributed by atoms with Crippen LogP contribution in [0.4, 0.5) is 0 Å². The maximum absolute atomic E-state index is 11.6. The molecule has 0 aliphatic carbocycles. The third-order valence-electron chi connectivity index (χ3n) is 3.04. The molecule has 3 nitrogen and oxygen atoms in total. The fourth-order valence-corrected chi connectivity index (χ4v) is 2.29. The molecule has 1 amide bonds. The van der Waals surface area contributed by atoms with E-state index in [9.17, 15) is 4.79 Å². The highest BCUT2D eigenvalue weighted by Gasteiger charge is 2.29. The Morgan fingerprint density at radius 1 is 1.47 bits per heavy atom. The molecule has 2 aliphatic heterocycles. The zero-order valence-electron chi connectivity index (χ0n) is 8.58. The van der Waals surface area contributed by atoms with Crippen molar-refractivity contribution in [3.63, 3.8) is 0 Å². The minimum absolute atomic E-state index is 0.0464. The summed E-state index contributed by atoms with van der Waals surface area (Å²) < 4.78 is 0. The van der Waals surface area contributed by atoms with Crippen LogP contribution in [-0.4, -0.2) is 18.5 Å². The summed E-state index contributed by atoms with van der Waals surface area (Å²) in [6.45, 7) is 2.81. The highest BCUT2D eigenvalue weighted by atomic mass is 16.2. The molecule has 0 radical (unpaired) electrons. The van der Waals surface area contributed by atoms with Crippen LogP contribution >= 0.6 is 0 Å². The van der Waals surface area contributed by atoms with E-state index in [4.69, 9.17) is 0 Å². The van der Waals surface area contributed by atoms with Crippen molar-refractivity contribution < 1.29 is 4.79 Å². The van der Waals surface area contributed by atoms with Gasteiger partial charge in [0.05, 0.1) is 5.36 Å². The van der Waals surface area contributed by atoms with E-state index in [1.165, 1.54) is 16.4 Å². The van der Waals surface area contributed by atoms with Crippen LogP contribution in [0.3, 0.4) is 0 Å². The van der Waals surface area contributed by atoms with E-state index in [0.717, 1.165) is 18.3 Å². The summed E-state index contributed by atoms with van der Waals surface area (Å²) >= 11 is 0. The van der Waals surface area contributed by atoms with Crippen LogP contribution in [-0.2, 0) is 4.79 Å². The van der Waals surface area contributed by atoms with Gasteiger partial charge in [0.2, 0.25) is 5.91 Å². The molecule has 0 spiro atoms. The second-order valence-electron chi connectivity index (χ2n) is 4.12. The highest BCUT2D eigenvalue weighted by Crippen LogP contribution is 2.17. The van der Waals surface area contributed by atoms with Crippen molar-refractivity contribution >= 4 is 11.5 Å². The lowest BCUT2D eigenvalue weighted by atomic mass is 9.99. The van der Waals surface area contributed by atoms with Crippen molar-refractivity contribution in [2.75, 3.05) is 6.54 Å². The largest absolute Gasteiger partial charge is 0.354 e. The number of hydrogen-bond donors (Lipinski definition) is 1. The third kappa shape index (κ3) is 1.19. The van der Waals surface area contributed by atoms with E-state index in [1.54, 1.807) is 0 Å². The molecule has 1 saturated heterocycles. The summed E-state index contributed by atoms with van der Waals surface area (Å²) in [6, 6.07) is 5.92. The lowest BCUT2D eigenvalue weighted by Gasteiger charge is -2.19. The van der Waals surface area contributed by atoms with Gasteiger partial charge in [-0.1, -0.05) is 11.6 Å². The number of amides is 1. The van der Waals surface area contributed by atoms with Gasteiger partial charge in [0.15, 0.2) is 6.04 Å². The molecule has 2 heterocycles. The Balaban J connectivity index is 2.31. The summed E-state index contributed by atoms with van der Waals surface area (Å²) in [5, 5.41) is 5.00. The van der Waals surface area contributed by atoms with Crippen LogP contribution in [0.25, 0.3) is 5.57 Å². The molecule has 0 unspecified atom stereocenters. The number of aryl methyl sites for hydroxylation is 1. The number of piperidine rings is 1. The van der Waals surface area contributed by atoms with Gasteiger partial charge in [0.25, 0.3) is 0 Å². The van der Waals surface area contributed by atoms with E-state index in [0.29, 0.717) is 0 Å². The number of carbonyl (C=O) groups is 1. The number of benzene rings is 1. The summed E-state index contributed by atoms with van der Waals surface area (Å²) in [4.78, 5) is 16.1. The number of hydrogen-bond acceptors (Lipinski definition) is 2. The average molecular weight is 200 g/mol. The van der Waals surface area contributed by atoms with Gasteiger partial charge in [-0.3, -0.25) is 9.79 Å². The first kappa shape index (κ1) is 8.65. The van der Waals surface area contributed by atoms with Crippen LogP contribution in [0.2, 0.25) is 0 Å². The summed E-state index contributed by atoms with van der Waals surface area (Å²) in [6.07, 6.45) is 0.927. The van der Waals surface area contributed by atoms with Gasteiger partial charge in [-0.25, -0.2) is 0 Å². The molecule has 1 aromatic rings. The van der Waals surface area contributed by atoms with Gasteiger partial charge in [-0.2, -0.15) is 0 Å².